The van der Waals surface area contributed by atoms with Crippen molar-refractivity contribution in [3.63, 3.8) is 0 Å². The van der Waals surface area contributed by atoms with Gasteiger partial charge in [-0.25, -0.2) is 19.0 Å². The molecule has 128 valence electrons. The first kappa shape index (κ1) is 15.2. The minimum Gasteiger partial charge on any atom is -0.337 e. The average Bonchev–Trinajstić information content (AvgIpc) is 3.23. The molecule has 4 rings (SSSR count). The van der Waals surface area contributed by atoms with Crippen molar-refractivity contribution in [3.05, 3.63) is 36.5 Å². The maximum Gasteiger partial charge on any atom is 0.333 e. The first-order chi connectivity index (χ1) is 12.0. The van der Waals surface area contributed by atoms with Crippen molar-refractivity contribution < 1.29 is 18.4 Å². The molecule has 3 amide bonds. The minimum atomic E-state index is -2.76. The lowest BCUT2D eigenvalue weighted by Crippen LogP contribution is -2.51. The smallest absolute Gasteiger partial charge is 0.333 e. The van der Waals surface area contributed by atoms with Crippen LogP contribution in [-0.2, 0) is 4.79 Å². The van der Waals surface area contributed by atoms with E-state index in [0.717, 1.165) is 0 Å². The van der Waals surface area contributed by atoms with Gasteiger partial charge in [0, 0.05) is 36.3 Å². The van der Waals surface area contributed by atoms with Gasteiger partial charge in [0.1, 0.15) is 0 Å². The molecule has 1 unspecified atom stereocenters. The number of nitrogens with one attached hydrogen (secondary N) is 2. The Morgan fingerprint density at radius 3 is 2.88 bits per heavy atom. The van der Waals surface area contributed by atoms with E-state index in [0.29, 0.717) is 27.1 Å². The number of aromatic nitrogens is 5. The zero-order chi connectivity index (χ0) is 17.6. The van der Waals surface area contributed by atoms with Crippen LogP contribution in [0.1, 0.15) is 18.2 Å². The third-order valence-corrected chi connectivity index (χ3v) is 3.87. The molecule has 9 nitrogen and oxygen atoms in total. The van der Waals surface area contributed by atoms with Crippen LogP contribution in [0, 0.1) is 0 Å². The number of nitrogens with zero attached hydrogens (tertiary/aromatic N) is 5. The lowest BCUT2D eigenvalue weighted by Gasteiger charge is -2.22. The Morgan fingerprint density at radius 2 is 2.16 bits per heavy atom. The number of imide groups is 1. The molecule has 2 N–H and O–H groups in total. The third kappa shape index (κ3) is 2.58. The highest BCUT2D eigenvalue weighted by Gasteiger charge is 2.30. The normalized spacial score (nSPS) is 17.8. The lowest BCUT2D eigenvalue weighted by molar-refractivity contribution is -0.122. The highest BCUT2D eigenvalue weighted by atomic mass is 19.3. The molecule has 4 heterocycles. The summed E-state index contributed by atoms with van der Waals surface area (Å²) >= 11 is 0. The summed E-state index contributed by atoms with van der Waals surface area (Å²) < 4.78 is 27.5. The molecule has 3 aromatic rings. The monoisotopic (exact) mass is 347 g/mol. The molecule has 0 aliphatic carbocycles. The van der Waals surface area contributed by atoms with Crippen molar-refractivity contribution in [3.8, 4) is 11.1 Å². The fourth-order valence-electron chi connectivity index (χ4n) is 2.67. The van der Waals surface area contributed by atoms with Crippen molar-refractivity contribution in [2.75, 3.05) is 6.54 Å². The summed E-state index contributed by atoms with van der Waals surface area (Å²) in [5.74, 6) is -1.18. The fourth-order valence-corrected chi connectivity index (χ4v) is 2.67. The van der Waals surface area contributed by atoms with Gasteiger partial charge >= 0.3 is 12.6 Å². The van der Waals surface area contributed by atoms with Crippen LogP contribution in [0.25, 0.3) is 16.8 Å². The Kier molecular flexibility index (Phi) is 3.41. The van der Waals surface area contributed by atoms with Crippen LogP contribution >= 0.6 is 0 Å². The van der Waals surface area contributed by atoms with Crippen LogP contribution in [0.4, 0.5) is 13.6 Å². The fraction of sp³-hybridized carbons (Fsp3) is 0.214. The van der Waals surface area contributed by atoms with E-state index in [1.807, 2.05) is 0 Å². The molecule has 11 heteroatoms. The van der Waals surface area contributed by atoms with Gasteiger partial charge in [-0.1, -0.05) is 0 Å². The summed E-state index contributed by atoms with van der Waals surface area (Å²) in [5, 5.41) is 12.7. The molecular formula is C14H11F2N7O2. The van der Waals surface area contributed by atoms with E-state index in [2.05, 4.69) is 25.8 Å². The van der Waals surface area contributed by atoms with E-state index < -0.39 is 24.4 Å². The zero-order valence-corrected chi connectivity index (χ0v) is 12.6. The van der Waals surface area contributed by atoms with Gasteiger partial charge in [0.15, 0.2) is 5.65 Å². The zero-order valence-electron chi connectivity index (χ0n) is 12.6. The summed E-state index contributed by atoms with van der Waals surface area (Å²) in [6.45, 7) is -2.67. The number of halogens is 2. The van der Waals surface area contributed by atoms with Crippen molar-refractivity contribution in [2.24, 2.45) is 0 Å². The minimum absolute atomic E-state index is 0.0909. The highest BCUT2D eigenvalue weighted by molar-refractivity contribution is 6.00. The number of hydrogen-bond donors (Lipinski definition) is 2. The van der Waals surface area contributed by atoms with Crippen LogP contribution < -0.4 is 10.6 Å². The largest absolute Gasteiger partial charge is 0.337 e. The van der Waals surface area contributed by atoms with Crippen molar-refractivity contribution in [1.29, 1.82) is 0 Å². The van der Waals surface area contributed by atoms with E-state index in [1.54, 1.807) is 12.3 Å². The maximum absolute atomic E-state index is 12.8. The molecule has 0 aromatic carbocycles. The van der Waals surface area contributed by atoms with Crippen LogP contribution in [0.5, 0.6) is 0 Å². The first-order valence-electron chi connectivity index (χ1n) is 7.28. The number of urea groups is 1. The lowest BCUT2D eigenvalue weighted by atomic mass is 10.00. The number of hydrogen-bond acceptors (Lipinski definition) is 5. The van der Waals surface area contributed by atoms with Gasteiger partial charge in [-0.15, -0.1) is 0 Å². The molecule has 1 aliphatic heterocycles. The molecule has 25 heavy (non-hydrogen) atoms. The number of rotatable bonds is 3. The highest BCUT2D eigenvalue weighted by Crippen LogP contribution is 2.27. The molecule has 0 saturated carbocycles. The number of fused-ring (bicyclic) bond motifs is 1. The molecule has 1 fully saturated rings. The molecule has 1 saturated heterocycles. The number of carbonyl (C=O) groups excluding carboxylic acids is 2. The second-order valence-electron chi connectivity index (χ2n) is 5.42. The van der Waals surface area contributed by atoms with E-state index in [9.17, 15) is 18.4 Å². The Hall–Kier alpha value is -3.37. The van der Waals surface area contributed by atoms with E-state index in [-0.39, 0.29) is 6.54 Å². The first-order valence-corrected chi connectivity index (χ1v) is 7.28. The van der Waals surface area contributed by atoms with Crippen LogP contribution in [0.2, 0.25) is 0 Å². The number of carbonyl (C=O) groups is 2. The summed E-state index contributed by atoms with van der Waals surface area (Å²) in [5.41, 5.74) is 1.74. The predicted octanol–water partition coefficient (Wildman–Crippen LogP) is 0.911. The third-order valence-electron chi connectivity index (χ3n) is 3.87. The molecule has 0 bridgehead atoms. The Bertz CT molecular complexity index is 981. The summed E-state index contributed by atoms with van der Waals surface area (Å²) in [7, 11) is 0. The van der Waals surface area contributed by atoms with E-state index in [4.69, 9.17) is 0 Å². The topological polar surface area (TPSA) is 106 Å². The number of alkyl halides is 2. The van der Waals surface area contributed by atoms with Gasteiger partial charge in [-0.05, 0) is 6.07 Å². The van der Waals surface area contributed by atoms with Crippen molar-refractivity contribution in [1.82, 2.24) is 35.0 Å². The van der Waals surface area contributed by atoms with Crippen LogP contribution in [0.15, 0.2) is 30.9 Å². The second-order valence-corrected chi connectivity index (χ2v) is 5.42. The van der Waals surface area contributed by atoms with E-state index >= 15 is 0 Å². The Labute approximate surface area is 138 Å². The van der Waals surface area contributed by atoms with Crippen molar-refractivity contribution in [2.45, 2.75) is 12.5 Å². The van der Waals surface area contributed by atoms with Gasteiger partial charge in [0.05, 0.1) is 17.8 Å². The standard InChI is InChI=1S/C14H11F2N7O2/c15-13(16)23-6-7(4-19-23)8-3-10(21-22-2-1-17-11(8)22)9-5-18-14(25)20-12(9)24/h1-4,6,9,13H,5H2,(H2,18,20,24,25). The molecule has 0 radical (unpaired) electrons. The predicted molar refractivity (Wildman–Crippen MR) is 79.7 cm³/mol. The van der Waals surface area contributed by atoms with Crippen LogP contribution in [0.3, 0.4) is 0 Å². The molecular weight excluding hydrogens is 336 g/mol. The Morgan fingerprint density at radius 1 is 1.32 bits per heavy atom. The number of amides is 3. The molecule has 0 spiro atoms. The van der Waals surface area contributed by atoms with Gasteiger partial charge in [-0.2, -0.15) is 19.0 Å². The van der Waals surface area contributed by atoms with Gasteiger partial charge in [-0.3, -0.25) is 10.1 Å². The average molecular weight is 347 g/mol. The second kappa shape index (κ2) is 5.61. The van der Waals surface area contributed by atoms with Gasteiger partial charge < -0.3 is 5.32 Å². The summed E-state index contributed by atoms with van der Waals surface area (Å²) in [6, 6.07) is 1.03. The molecule has 3 aromatic heterocycles. The SMILES string of the molecule is O=C1NCC(c2cc(-c3cnn(C(F)F)c3)c3nccn3n2)C(=O)N1. The number of imidazole rings is 1. The quantitative estimate of drug-likeness (QED) is 0.732. The molecule has 1 aliphatic rings. The summed E-state index contributed by atoms with van der Waals surface area (Å²) in [4.78, 5) is 27.5. The van der Waals surface area contributed by atoms with E-state index in [1.165, 1.54) is 23.1 Å². The molecule has 1 atom stereocenters. The summed E-state index contributed by atoms with van der Waals surface area (Å²) in [6.07, 6.45) is 5.58. The Balaban J connectivity index is 1.82. The van der Waals surface area contributed by atoms with Crippen molar-refractivity contribution >= 4 is 17.6 Å². The van der Waals surface area contributed by atoms with Gasteiger partial charge in [0.2, 0.25) is 5.91 Å². The van der Waals surface area contributed by atoms with Gasteiger partial charge in [0.25, 0.3) is 0 Å². The maximum atomic E-state index is 12.8. The van der Waals surface area contributed by atoms with Crippen LogP contribution in [-0.4, -0.2) is 42.9 Å².